The quantitative estimate of drug-likeness (QED) is 0.258. The van der Waals surface area contributed by atoms with Crippen LogP contribution in [0.15, 0.2) is 114 Å². The van der Waals surface area contributed by atoms with Crippen LogP contribution in [0.5, 0.6) is 0 Å². The molecule has 5 aromatic rings. The van der Waals surface area contributed by atoms with Crippen molar-refractivity contribution in [3.63, 3.8) is 0 Å². The van der Waals surface area contributed by atoms with E-state index in [0.717, 1.165) is 55.7 Å². The van der Waals surface area contributed by atoms with Gasteiger partial charge in [-0.15, -0.1) is 0 Å². The van der Waals surface area contributed by atoms with Crippen molar-refractivity contribution in [2.75, 3.05) is 0 Å². The summed E-state index contributed by atoms with van der Waals surface area (Å²) >= 11 is 0. The van der Waals surface area contributed by atoms with Crippen LogP contribution < -0.4 is 0 Å². The molecule has 0 N–H and O–H groups in total. The van der Waals surface area contributed by atoms with Crippen molar-refractivity contribution in [1.82, 2.24) is 0 Å². The highest BCUT2D eigenvalue weighted by molar-refractivity contribution is 6.16. The Morgan fingerprint density at radius 3 is 2.09 bits per heavy atom. The maximum atomic E-state index is 6.33. The van der Waals surface area contributed by atoms with Gasteiger partial charge in [-0.2, -0.15) is 0 Å². The number of aliphatic imine (C=N–C) groups is 1. The molecule has 0 saturated carbocycles. The van der Waals surface area contributed by atoms with Gasteiger partial charge >= 0.3 is 0 Å². The molecule has 0 saturated heterocycles. The zero-order valence-electron chi connectivity index (χ0n) is 18.9. The number of fused-ring (bicyclic) bond motifs is 2. The summed E-state index contributed by atoms with van der Waals surface area (Å²) < 4.78 is 6.33. The van der Waals surface area contributed by atoms with Gasteiger partial charge in [0.05, 0.1) is 5.70 Å². The standard InChI is InChI=1S/C31H25NO/c1-20(2)23-16-18-25(19-17-23)30(31-21(3)26-12-7-8-15-29(26)33-31)32-22(4)27-14-9-11-24-10-5-6-13-28(24)27/h5-19H,1,4H2,2-3H3. The molecule has 0 atom stereocenters. The van der Waals surface area contributed by atoms with E-state index < -0.39 is 0 Å². The number of rotatable bonds is 5. The third-order valence-electron chi connectivity index (χ3n) is 6.06. The predicted molar refractivity (Wildman–Crippen MR) is 141 cm³/mol. The summed E-state index contributed by atoms with van der Waals surface area (Å²) in [7, 11) is 0. The molecule has 160 valence electrons. The minimum atomic E-state index is 0.700. The number of furan rings is 1. The zero-order chi connectivity index (χ0) is 22.9. The Hall–Kier alpha value is -4.17. The summed E-state index contributed by atoms with van der Waals surface area (Å²) in [5.74, 6) is 0.765. The molecule has 1 heterocycles. The largest absolute Gasteiger partial charge is 0.454 e. The SMILES string of the molecule is C=C(C)c1ccc(C(=NC(=C)c2cccc3ccccc23)c2oc3ccccc3c2C)cc1. The van der Waals surface area contributed by atoms with Gasteiger partial charge in [0.15, 0.2) is 5.76 Å². The summed E-state index contributed by atoms with van der Waals surface area (Å²) in [6, 6.07) is 30.9. The van der Waals surface area contributed by atoms with Crippen LogP contribution in [0.3, 0.4) is 0 Å². The van der Waals surface area contributed by atoms with Crippen molar-refractivity contribution in [2.45, 2.75) is 13.8 Å². The van der Waals surface area contributed by atoms with E-state index >= 15 is 0 Å². The first kappa shape index (κ1) is 20.7. The smallest absolute Gasteiger partial charge is 0.157 e. The second-order valence-corrected chi connectivity index (χ2v) is 8.34. The number of aryl methyl sites for hydroxylation is 1. The van der Waals surface area contributed by atoms with Crippen LogP contribution in [-0.4, -0.2) is 5.71 Å². The molecule has 0 aliphatic carbocycles. The van der Waals surface area contributed by atoms with Gasteiger partial charge in [0, 0.05) is 22.1 Å². The maximum Gasteiger partial charge on any atom is 0.157 e. The lowest BCUT2D eigenvalue weighted by atomic mass is 9.99. The van der Waals surface area contributed by atoms with Crippen molar-refractivity contribution < 1.29 is 4.42 Å². The molecule has 1 aromatic heterocycles. The van der Waals surface area contributed by atoms with E-state index in [2.05, 4.69) is 74.7 Å². The number of hydrogen-bond acceptors (Lipinski definition) is 2. The fraction of sp³-hybridized carbons (Fsp3) is 0.0645. The second-order valence-electron chi connectivity index (χ2n) is 8.34. The van der Waals surface area contributed by atoms with Crippen molar-refractivity contribution in [3.8, 4) is 0 Å². The highest BCUT2D eigenvalue weighted by Crippen LogP contribution is 2.31. The van der Waals surface area contributed by atoms with E-state index in [1.807, 2.05) is 43.3 Å². The van der Waals surface area contributed by atoms with E-state index in [1.54, 1.807) is 0 Å². The number of allylic oxidation sites excluding steroid dienone is 1. The lowest BCUT2D eigenvalue weighted by Gasteiger charge is -2.11. The minimum Gasteiger partial charge on any atom is -0.454 e. The molecule has 5 rings (SSSR count). The molecule has 0 bridgehead atoms. The lowest BCUT2D eigenvalue weighted by Crippen LogP contribution is -2.05. The molecule has 0 spiro atoms. The van der Waals surface area contributed by atoms with Crippen molar-refractivity contribution in [3.05, 3.63) is 132 Å². The average molecular weight is 428 g/mol. The van der Waals surface area contributed by atoms with E-state index in [0.29, 0.717) is 5.70 Å². The number of benzene rings is 4. The van der Waals surface area contributed by atoms with Crippen LogP contribution in [0.4, 0.5) is 0 Å². The minimum absolute atomic E-state index is 0.700. The fourth-order valence-electron chi connectivity index (χ4n) is 4.23. The van der Waals surface area contributed by atoms with Gasteiger partial charge in [-0.25, -0.2) is 4.99 Å². The van der Waals surface area contributed by atoms with Crippen LogP contribution in [0, 0.1) is 6.92 Å². The summed E-state index contributed by atoms with van der Waals surface area (Å²) in [6.45, 7) is 12.5. The van der Waals surface area contributed by atoms with Crippen LogP contribution in [-0.2, 0) is 0 Å². The topological polar surface area (TPSA) is 25.5 Å². The van der Waals surface area contributed by atoms with Crippen molar-refractivity contribution in [2.24, 2.45) is 4.99 Å². The molecule has 0 unspecified atom stereocenters. The highest BCUT2D eigenvalue weighted by Gasteiger charge is 2.19. The predicted octanol–water partition coefficient (Wildman–Crippen LogP) is 8.44. The summed E-state index contributed by atoms with van der Waals surface area (Å²) in [6.07, 6.45) is 0. The van der Waals surface area contributed by atoms with Crippen molar-refractivity contribution >= 4 is 38.7 Å². The van der Waals surface area contributed by atoms with Crippen LogP contribution >= 0.6 is 0 Å². The van der Waals surface area contributed by atoms with Gasteiger partial charge in [0.25, 0.3) is 0 Å². The van der Waals surface area contributed by atoms with Gasteiger partial charge in [-0.3, -0.25) is 0 Å². The van der Waals surface area contributed by atoms with Crippen LogP contribution in [0.2, 0.25) is 0 Å². The van der Waals surface area contributed by atoms with E-state index in [-0.39, 0.29) is 0 Å². The van der Waals surface area contributed by atoms with Gasteiger partial charge in [-0.1, -0.05) is 104 Å². The van der Waals surface area contributed by atoms with Gasteiger partial charge < -0.3 is 4.42 Å². The first-order chi connectivity index (χ1) is 16.0. The second kappa shape index (κ2) is 8.40. The Morgan fingerprint density at radius 2 is 1.36 bits per heavy atom. The molecule has 2 nitrogen and oxygen atoms in total. The van der Waals surface area contributed by atoms with Gasteiger partial charge in [0.2, 0.25) is 0 Å². The van der Waals surface area contributed by atoms with E-state index in [1.165, 1.54) is 5.39 Å². The normalized spacial score (nSPS) is 11.8. The summed E-state index contributed by atoms with van der Waals surface area (Å²) in [4.78, 5) is 5.07. The van der Waals surface area contributed by atoms with Crippen LogP contribution in [0.1, 0.15) is 34.9 Å². The number of nitrogens with zero attached hydrogens (tertiary/aromatic N) is 1. The van der Waals surface area contributed by atoms with Gasteiger partial charge in [-0.05, 0) is 36.2 Å². The van der Waals surface area contributed by atoms with Crippen molar-refractivity contribution in [1.29, 1.82) is 0 Å². The molecule has 0 aliphatic heterocycles. The van der Waals surface area contributed by atoms with Gasteiger partial charge in [0.1, 0.15) is 11.3 Å². The molecular formula is C31H25NO. The molecule has 4 aromatic carbocycles. The monoisotopic (exact) mass is 427 g/mol. The Labute approximate surface area is 194 Å². The van der Waals surface area contributed by atoms with E-state index in [9.17, 15) is 0 Å². The number of para-hydroxylation sites is 1. The first-order valence-corrected chi connectivity index (χ1v) is 11.0. The first-order valence-electron chi connectivity index (χ1n) is 11.0. The Kier molecular flexibility index (Phi) is 5.27. The molecule has 0 fully saturated rings. The molecule has 2 heteroatoms. The molecule has 0 amide bonds. The molecule has 0 aliphatic rings. The molecule has 0 radical (unpaired) electrons. The Bertz CT molecular complexity index is 1540. The number of hydrogen-bond donors (Lipinski definition) is 0. The maximum absolute atomic E-state index is 6.33. The molecule has 33 heavy (non-hydrogen) atoms. The fourth-order valence-corrected chi connectivity index (χ4v) is 4.23. The van der Waals surface area contributed by atoms with E-state index in [4.69, 9.17) is 9.41 Å². The zero-order valence-corrected chi connectivity index (χ0v) is 18.9. The third kappa shape index (κ3) is 3.81. The highest BCUT2D eigenvalue weighted by atomic mass is 16.3. The Balaban J connectivity index is 1.70. The average Bonchev–Trinajstić information content (AvgIpc) is 3.18. The lowest BCUT2D eigenvalue weighted by molar-refractivity contribution is 0.602. The summed E-state index contributed by atoms with van der Waals surface area (Å²) in [5.41, 5.74) is 7.51. The third-order valence-corrected chi connectivity index (χ3v) is 6.06. The van der Waals surface area contributed by atoms with Crippen LogP contribution in [0.25, 0.3) is 33.0 Å². The summed E-state index contributed by atoms with van der Waals surface area (Å²) in [5, 5.41) is 3.39. The molecular weight excluding hydrogens is 402 g/mol. The Morgan fingerprint density at radius 1 is 0.727 bits per heavy atom.